The number of aromatic amines is 1. The first-order valence-electron chi connectivity index (χ1n) is 7.50. The van der Waals surface area contributed by atoms with Crippen LogP contribution in [-0.4, -0.2) is 15.2 Å². The minimum absolute atomic E-state index is 0.0957. The Morgan fingerprint density at radius 3 is 2.83 bits per heavy atom. The van der Waals surface area contributed by atoms with Crippen molar-refractivity contribution in [1.29, 1.82) is 0 Å². The molecule has 0 aliphatic carbocycles. The summed E-state index contributed by atoms with van der Waals surface area (Å²) in [6, 6.07) is 16.8. The van der Waals surface area contributed by atoms with Crippen LogP contribution in [0.1, 0.15) is 22.2 Å². The molecule has 0 fully saturated rings. The molecule has 4 nitrogen and oxygen atoms in total. The third-order valence-corrected chi connectivity index (χ3v) is 4.74. The van der Waals surface area contributed by atoms with Gasteiger partial charge in [0.05, 0.1) is 17.8 Å². The second-order valence-electron chi connectivity index (χ2n) is 5.34. The van der Waals surface area contributed by atoms with Gasteiger partial charge in [0, 0.05) is 23.5 Å². The number of nitrogens with zero attached hydrogens (tertiary/aromatic N) is 2. The van der Waals surface area contributed by atoms with Crippen molar-refractivity contribution in [3.63, 3.8) is 0 Å². The van der Waals surface area contributed by atoms with Crippen molar-refractivity contribution in [1.82, 2.24) is 20.5 Å². The Labute approximate surface area is 138 Å². The molecule has 1 unspecified atom stereocenters. The van der Waals surface area contributed by atoms with Gasteiger partial charge in [-0.05, 0) is 17.2 Å². The highest BCUT2D eigenvalue weighted by atomic mass is 32.1. The van der Waals surface area contributed by atoms with E-state index in [9.17, 15) is 0 Å². The maximum Gasteiger partial charge on any atom is 0.114 e. The molecular formula is C18H16N4S. The van der Waals surface area contributed by atoms with E-state index in [2.05, 4.69) is 56.9 Å². The first kappa shape index (κ1) is 14.1. The molecule has 0 saturated heterocycles. The maximum absolute atomic E-state index is 4.50. The largest absolute Gasteiger partial charge is 0.300 e. The molecule has 0 amide bonds. The lowest BCUT2D eigenvalue weighted by atomic mass is 10.1. The van der Waals surface area contributed by atoms with Gasteiger partial charge in [-0.3, -0.25) is 5.10 Å². The van der Waals surface area contributed by atoms with Gasteiger partial charge in [0.15, 0.2) is 0 Å². The van der Waals surface area contributed by atoms with E-state index in [1.807, 2.05) is 29.9 Å². The van der Waals surface area contributed by atoms with Gasteiger partial charge in [-0.2, -0.15) is 5.10 Å². The fourth-order valence-corrected chi connectivity index (χ4v) is 3.50. The molecule has 2 aromatic carbocycles. The van der Waals surface area contributed by atoms with E-state index < -0.39 is 0 Å². The molecule has 2 heterocycles. The Balaban J connectivity index is 1.63. The minimum atomic E-state index is 0.0957. The van der Waals surface area contributed by atoms with Crippen LogP contribution in [-0.2, 0) is 6.54 Å². The number of hydrogen-bond acceptors (Lipinski definition) is 4. The van der Waals surface area contributed by atoms with Crippen LogP contribution in [0.25, 0.3) is 10.9 Å². The van der Waals surface area contributed by atoms with Gasteiger partial charge >= 0.3 is 0 Å². The van der Waals surface area contributed by atoms with Crippen LogP contribution >= 0.6 is 11.3 Å². The van der Waals surface area contributed by atoms with Crippen molar-refractivity contribution in [2.45, 2.75) is 12.6 Å². The van der Waals surface area contributed by atoms with Gasteiger partial charge in [0.25, 0.3) is 0 Å². The number of H-pyrrole nitrogens is 1. The third-order valence-electron chi connectivity index (χ3n) is 3.90. The van der Waals surface area contributed by atoms with E-state index in [1.165, 1.54) is 11.1 Å². The number of hydrogen-bond donors (Lipinski definition) is 2. The lowest BCUT2D eigenvalue weighted by molar-refractivity contribution is 0.604. The Morgan fingerprint density at radius 2 is 2.00 bits per heavy atom. The number of fused-ring (bicyclic) bond motifs is 1. The van der Waals surface area contributed by atoms with Crippen LogP contribution < -0.4 is 5.32 Å². The molecule has 0 bridgehead atoms. The van der Waals surface area contributed by atoms with Gasteiger partial charge < -0.3 is 5.32 Å². The van der Waals surface area contributed by atoms with Gasteiger partial charge in [-0.1, -0.05) is 42.5 Å². The number of thiazole rings is 1. The molecule has 5 heteroatoms. The molecular weight excluding hydrogens is 304 g/mol. The molecule has 2 aromatic heterocycles. The number of rotatable bonds is 5. The highest BCUT2D eigenvalue weighted by Crippen LogP contribution is 2.25. The lowest BCUT2D eigenvalue weighted by Gasteiger charge is -2.17. The van der Waals surface area contributed by atoms with E-state index in [-0.39, 0.29) is 6.04 Å². The van der Waals surface area contributed by atoms with Crippen LogP contribution in [0.3, 0.4) is 0 Å². The molecule has 1 atom stereocenters. The molecule has 0 aliphatic rings. The zero-order valence-electron chi connectivity index (χ0n) is 12.4. The summed E-state index contributed by atoms with van der Waals surface area (Å²) in [5.74, 6) is 0. The highest BCUT2D eigenvalue weighted by Gasteiger charge is 2.16. The Kier molecular flexibility index (Phi) is 3.88. The quantitative estimate of drug-likeness (QED) is 0.586. The molecule has 23 heavy (non-hydrogen) atoms. The van der Waals surface area contributed by atoms with E-state index in [4.69, 9.17) is 0 Å². The van der Waals surface area contributed by atoms with Gasteiger partial charge in [-0.25, -0.2) is 4.98 Å². The standard InChI is InChI=1S/C18H16N4S/c1-2-5-13(6-3-1)17(18-19-9-10-23-18)20-11-14-7-4-8-16-15(14)12-21-22-16/h1-10,12,17,20H,11H2,(H,21,22). The topological polar surface area (TPSA) is 53.6 Å². The van der Waals surface area contributed by atoms with Crippen molar-refractivity contribution in [3.8, 4) is 0 Å². The van der Waals surface area contributed by atoms with Crippen LogP contribution in [0.5, 0.6) is 0 Å². The molecule has 4 aromatic rings. The van der Waals surface area contributed by atoms with Gasteiger partial charge in [0.1, 0.15) is 5.01 Å². The summed E-state index contributed by atoms with van der Waals surface area (Å²) in [6.45, 7) is 0.760. The fourth-order valence-electron chi connectivity index (χ4n) is 2.77. The van der Waals surface area contributed by atoms with Crippen LogP contribution in [0.2, 0.25) is 0 Å². The maximum atomic E-state index is 4.50. The summed E-state index contributed by atoms with van der Waals surface area (Å²) in [5, 5.41) is 15.1. The predicted octanol–water partition coefficient (Wildman–Crippen LogP) is 3.90. The lowest BCUT2D eigenvalue weighted by Crippen LogP contribution is -2.22. The smallest absolute Gasteiger partial charge is 0.114 e. The van der Waals surface area contributed by atoms with Gasteiger partial charge in [0.2, 0.25) is 0 Å². The zero-order chi connectivity index (χ0) is 15.5. The third kappa shape index (κ3) is 2.88. The summed E-state index contributed by atoms with van der Waals surface area (Å²) in [7, 11) is 0. The summed E-state index contributed by atoms with van der Waals surface area (Å²) >= 11 is 1.67. The molecule has 4 rings (SSSR count). The van der Waals surface area contributed by atoms with E-state index in [0.717, 1.165) is 22.5 Å². The van der Waals surface area contributed by atoms with Gasteiger partial charge in [-0.15, -0.1) is 11.3 Å². The first-order chi connectivity index (χ1) is 11.4. The number of nitrogens with one attached hydrogen (secondary N) is 2. The van der Waals surface area contributed by atoms with Crippen molar-refractivity contribution in [3.05, 3.63) is 82.4 Å². The highest BCUT2D eigenvalue weighted by molar-refractivity contribution is 7.09. The van der Waals surface area contributed by atoms with Crippen molar-refractivity contribution in [2.24, 2.45) is 0 Å². The van der Waals surface area contributed by atoms with E-state index in [0.29, 0.717) is 0 Å². The molecule has 0 aliphatic heterocycles. The van der Waals surface area contributed by atoms with Crippen molar-refractivity contribution >= 4 is 22.2 Å². The van der Waals surface area contributed by atoms with Crippen molar-refractivity contribution in [2.75, 3.05) is 0 Å². The second kappa shape index (κ2) is 6.32. The molecule has 114 valence electrons. The number of aromatic nitrogens is 3. The van der Waals surface area contributed by atoms with Crippen LogP contribution in [0.4, 0.5) is 0 Å². The van der Waals surface area contributed by atoms with E-state index >= 15 is 0 Å². The van der Waals surface area contributed by atoms with Crippen molar-refractivity contribution < 1.29 is 0 Å². The second-order valence-corrected chi connectivity index (χ2v) is 6.27. The Hall–Kier alpha value is -2.50. The van der Waals surface area contributed by atoms with Crippen LogP contribution in [0.15, 0.2) is 66.3 Å². The number of benzene rings is 2. The summed E-state index contributed by atoms with van der Waals surface area (Å²) < 4.78 is 0. The SMILES string of the molecule is c1ccc(C(NCc2cccc3[nH]ncc23)c2nccs2)cc1. The molecule has 0 radical (unpaired) electrons. The normalized spacial score (nSPS) is 12.5. The predicted molar refractivity (Wildman–Crippen MR) is 93.3 cm³/mol. The zero-order valence-corrected chi connectivity index (χ0v) is 13.3. The van der Waals surface area contributed by atoms with E-state index in [1.54, 1.807) is 11.3 Å². The molecule has 0 saturated carbocycles. The summed E-state index contributed by atoms with van der Waals surface area (Å²) in [5.41, 5.74) is 3.52. The average Bonchev–Trinajstić information content (AvgIpc) is 3.28. The Bertz CT molecular complexity index is 884. The summed E-state index contributed by atoms with van der Waals surface area (Å²) in [6.07, 6.45) is 3.74. The Morgan fingerprint density at radius 1 is 1.09 bits per heavy atom. The molecule has 2 N–H and O–H groups in total. The minimum Gasteiger partial charge on any atom is -0.300 e. The monoisotopic (exact) mass is 320 g/mol. The molecule has 0 spiro atoms. The van der Waals surface area contributed by atoms with Crippen LogP contribution in [0, 0.1) is 0 Å². The fraction of sp³-hybridized carbons (Fsp3) is 0.111. The average molecular weight is 320 g/mol. The summed E-state index contributed by atoms with van der Waals surface area (Å²) in [4.78, 5) is 4.50. The first-order valence-corrected chi connectivity index (χ1v) is 8.38.